The lowest BCUT2D eigenvalue weighted by atomic mass is 10.6. The lowest BCUT2D eigenvalue weighted by Crippen LogP contribution is -1.92. The molecule has 0 aliphatic heterocycles. The van der Waals surface area contributed by atoms with Crippen LogP contribution in [0.25, 0.3) is 0 Å². The number of aryl methyl sites for hydroxylation is 1. The Morgan fingerprint density at radius 3 is 3.10 bits per heavy atom. The third kappa shape index (κ3) is 1.68. The number of hydrogen-bond donors (Lipinski definition) is 0. The van der Waals surface area contributed by atoms with Crippen LogP contribution in [-0.4, -0.2) is 25.4 Å². The normalized spacial score (nSPS) is 8.90. The highest BCUT2D eigenvalue weighted by Gasteiger charge is 1.95. The number of isothiocyanates is 1. The Kier molecular flexibility index (Phi) is 2.20. The van der Waals surface area contributed by atoms with Crippen LogP contribution in [-0.2, 0) is 13.6 Å². The topological polar surface area (TPSA) is 56.0 Å². The Balaban J connectivity index is 2.66. The average Bonchev–Trinajstić information content (AvgIpc) is 2.31. The number of thiocarbonyl (C=S) groups is 1. The molecule has 1 aromatic heterocycles. The maximum absolute atomic E-state index is 4.36. The largest absolute Gasteiger partial charge is 0.224 e. The molecule has 0 radical (unpaired) electrons. The van der Waals surface area contributed by atoms with Crippen molar-refractivity contribution < 1.29 is 0 Å². The molecular weight excluding hydrogens is 150 g/mol. The summed E-state index contributed by atoms with van der Waals surface area (Å²) in [7, 11) is 1.69. The van der Waals surface area contributed by atoms with Gasteiger partial charge in [0, 0.05) is 0 Å². The minimum absolute atomic E-state index is 0.358. The number of aromatic nitrogens is 4. The summed E-state index contributed by atoms with van der Waals surface area (Å²) >= 11 is 4.36. The second-order valence-electron chi connectivity index (χ2n) is 1.60. The summed E-state index contributed by atoms with van der Waals surface area (Å²) in [5, 5.41) is 13.4. The van der Waals surface area contributed by atoms with E-state index < -0.39 is 0 Å². The van der Waals surface area contributed by atoms with Gasteiger partial charge in [-0.15, -0.1) is 10.2 Å². The Bertz CT molecular complexity index is 260. The maximum atomic E-state index is 4.36. The molecule has 0 saturated heterocycles. The molecule has 1 heterocycles. The van der Waals surface area contributed by atoms with E-state index >= 15 is 0 Å². The molecule has 1 rings (SSSR count). The fourth-order valence-corrected chi connectivity index (χ4v) is 0.554. The van der Waals surface area contributed by atoms with Gasteiger partial charge in [-0.3, -0.25) is 0 Å². The third-order valence-electron chi connectivity index (χ3n) is 0.835. The zero-order valence-corrected chi connectivity index (χ0v) is 6.17. The second-order valence-corrected chi connectivity index (χ2v) is 1.79. The number of rotatable bonds is 2. The predicted molar refractivity (Wildman–Crippen MR) is 37.5 cm³/mol. The van der Waals surface area contributed by atoms with Crippen molar-refractivity contribution in [1.29, 1.82) is 0 Å². The molecule has 0 aromatic carbocycles. The standard InChI is InChI=1S/C4H5N5S/c1-9-7-4(6-8-9)2-5-3-10/h2H2,1H3. The van der Waals surface area contributed by atoms with Gasteiger partial charge in [0.2, 0.25) is 0 Å². The molecule has 0 saturated carbocycles. The van der Waals surface area contributed by atoms with Gasteiger partial charge in [0.25, 0.3) is 0 Å². The molecule has 0 bridgehead atoms. The molecule has 1 aromatic rings. The quantitative estimate of drug-likeness (QED) is 0.439. The molecule has 5 nitrogen and oxygen atoms in total. The van der Waals surface area contributed by atoms with Crippen molar-refractivity contribution in [2.75, 3.05) is 0 Å². The van der Waals surface area contributed by atoms with E-state index in [1.54, 1.807) is 7.05 Å². The van der Waals surface area contributed by atoms with Crippen molar-refractivity contribution in [2.24, 2.45) is 12.0 Å². The maximum Gasteiger partial charge on any atom is 0.196 e. The fourth-order valence-electron chi connectivity index (χ4n) is 0.490. The highest BCUT2D eigenvalue weighted by molar-refractivity contribution is 7.78. The van der Waals surface area contributed by atoms with Crippen LogP contribution in [0.15, 0.2) is 4.99 Å². The zero-order chi connectivity index (χ0) is 7.40. The van der Waals surface area contributed by atoms with Crippen molar-refractivity contribution in [1.82, 2.24) is 20.2 Å². The van der Waals surface area contributed by atoms with E-state index in [1.165, 1.54) is 4.80 Å². The second kappa shape index (κ2) is 3.14. The van der Waals surface area contributed by atoms with E-state index in [0.717, 1.165) is 0 Å². The van der Waals surface area contributed by atoms with Crippen LogP contribution >= 0.6 is 12.2 Å². The first-order chi connectivity index (χ1) is 4.83. The molecule has 0 fully saturated rings. The highest BCUT2D eigenvalue weighted by atomic mass is 32.1. The number of hydrogen-bond acceptors (Lipinski definition) is 5. The van der Waals surface area contributed by atoms with Gasteiger partial charge in [0.15, 0.2) is 5.82 Å². The lowest BCUT2D eigenvalue weighted by molar-refractivity contribution is 0.627. The number of tetrazole rings is 1. The van der Waals surface area contributed by atoms with Crippen molar-refractivity contribution in [3.63, 3.8) is 0 Å². The van der Waals surface area contributed by atoms with Gasteiger partial charge < -0.3 is 0 Å². The Hall–Kier alpha value is -1.13. The molecule has 0 spiro atoms. The average molecular weight is 155 g/mol. The Morgan fingerprint density at radius 1 is 1.80 bits per heavy atom. The summed E-state index contributed by atoms with van der Waals surface area (Å²) in [5.74, 6) is 0.555. The molecule has 0 aliphatic carbocycles. The SMILES string of the molecule is Cn1nnc(CN=C=S)n1. The smallest absolute Gasteiger partial charge is 0.196 e. The van der Waals surface area contributed by atoms with Gasteiger partial charge >= 0.3 is 0 Å². The fraction of sp³-hybridized carbons (Fsp3) is 0.500. The van der Waals surface area contributed by atoms with Crippen LogP contribution in [0.4, 0.5) is 0 Å². The summed E-state index contributed by atoms with van der Waals surface area (Å²) in [4.78, 5) is 5.01. The molecule has 10 heavy (non-hydrogen) atoms. The summed E-state index contributed by atoms with van der Waals surface area (Å²) in [6, 6.07) is 0. The number of aliphatic imine (C=N–C) groups is 1. The van der Waals surface area contributed by atoms with Crippen LogP contribution in [0, 0.1) is 0 Å². The van der Waals surface area contributed by atoms with Crippen LogP contribution in [0.5, 0.6) is 0 Å². The van der Waals surface area contributed by atoms with Gasteiger partial charge in [0.1, 0.15) is 6.54 Å². The van der Waals surface area contributed by atoms with E-state index in [-0.39, 0.29) is 0 Å². The van der Waals surface area contributed by atoms with Crippen molar-refractivity contribution in [2.45, 2.75) is 6.54 Å². The summed E-state index contributed by atoms with van der Waals surface area (Å²) in [6.07, 6.45) is 0. The number of nitrogens with zero attached hydrogens (tertiary/aromatic N) is 5. The first kappa shape index (κ1) is 6.98. The van der Waals surface area contributed by atoms with Crippen LogP contribution in [0.2, 0.25) is 0 Å². The van der Waals surface area contributed by atoms with Crippen LogP contribution in [0.3, 0.4) is 0 Å². The molecule has 0 unspecified atom stereocenters. The van der Waals surface area contributed by atoms with Gasteiger partial charge in [-0.05, 0) is 17.4 Å². The van der Waals surface area contributed by atoms with Gasteiger partial charge in [0.05, 0.1) is 12.2 Å². The molecule has 0 N–H and O–H groups in total. The van der Waals surface area contributed by atoms with Gasteiger partial charge in [-0.1, -0.05) is 0 Å². The summed E-state index contributed by atoms with van der Waals surface area (Å²) in [5.41, 5.74) is 0. The molecule has 0 aliphatic rings. The monoisotopic (exact) mass is 155 g/mol. The lowest BCUT2D eigenvalue weighted by Gasteiger charge is -1.79. The van der Waals surface area contributed by atoms with Crippen LogP contribution < -0.4 is 0 Å². The summed E-state index contributed by atoms with van der Waals surface area (Å²) in [6.45, 7) is 0.358. The minimum Gasteiger partial charge on any atom is -0.224 e. The predicted octanol–water partition coefficient (Wildman–Crippen LogP) is -0.187. The first-order valence-corrected chi connectivity index (χ1v) is 3.00. The van der Waals surface area contributed by atoms with E-state index in [4.69, 9.17) is 0 Å². The molecule has 6 heteroatoms. The van der Waals surface area contributed by atoms with E-state index in [0.29, 0.717) is 12.4 Å². The van der Waals surface area contributed by atoms with Crippen molar-refractivity contribution in [3.05, 3.63) is 5.82 Å². The third-order valence-corrected chi connectivity index (χ3v) is 0.964. The zero-order valence-electron chi connectivity index (χ0n) is 5.35. The molecule has 0 atom stereocenters. The van der Waals surface area contributed by atoms with Gasteiger partial charge in [-0.2, -0.15) is 4.80 Å². The molecule has 52 valence electrons. The Morgan fingerprint density at radius 2 is 2.60 bits per heavy atom. The highest BCUT2D eigenvalue weighted by Crippen LogP contribution is 1.85. The molecular formula is C4H5N5S. The van der Waals surface area contributed by atoms with E-state index in [2.05, 4.69) is 37.8 Å². The van der Waals surface area contributed by atoms with Crippen molar-refractivity contribution >= 4 is 17.4 Å². The first-order valence-electron chi connectivity index (χ1n) is 2.59. The molecule has 0 amide bonds. The van der Waals surface area contributed by atoms with E-state index in [1.807, 2.05) is 0 Å². The van der Waals surface area contributed by atoms with Crippen molar-refractivity contribution in [3.8, 4) is 0 Å². The summed E-state index contributed by atoms with van der Waals surface area (Å²) < 4.78 is 0. The van der Waals surface area contributed by atoms with Gasteiger partial charge in [-0.25, -0.2) is 4.99 Å². The Labute approximate surface area is 62.8 Å². The van der Waals surface area contributed by atoms with Crippen LogP contribution in [0.1, 0.15) is 5.82 Å². The van der Waals surface area contributed by atoms with E-state index in [9.17, 15) is 0 Å². The minimum atomic E-state index is 0.358.